The number of morpholine rings is 1. The molecule has 1 aliphatic heterocycles. The van der Waals surface area contributed by atoms with Crippen LogP contribution in [-0.4, -0.2) is 61.2 Å². The second kappa shape index (κ2) is 8.80. The molecule has 1 aliphatic rings. The van der Waals surface area contributed by atoms with Gasteiger partial charge in [-0.1, -0.05) is 18.2 Å². The van der Waals surface area contributed by atoms with Crippen molar-refractivity contribution in [3.8, 4) is 0 Å². The maximum Gasteiger partial charge on any atom is 0.251 e. The summed E-state index contributed by atoms with van der Waals surface area (Å²) in [5, 5.41) is 14.3. The third kappa shape index (κ3) is 4.35. The van der Waals surface area contributed by atoms with Crippen LogP contribution in [-0.2, 0) is 21.8 Å². The van der Waals surface area contributed by atoms with E-state index in [4.69, 9.17) is 4.74 Å². The summed E-state index contributed by atoms with van der Waals surface area (Å²) in [4.78, 5) is 12.6. The molecule has 0 saturated carbocycles. The molecule has 31 heavy (non-hydrogen) atoms. The van der Waals surface area contributed by atoms with E-state index >= 15 is 0 Å². The largest absolute Gasteiger partial charge is 0.386 e. The van der Waals surface area contributed by atoms with Gasteiger partial charge in [0.15, 0.2) is 0 Å². The van der Waals surface area contributed by atoms with Crippen LogP contribution in [0.4, 0.5) is 0 Å². The number of nitrogens with zero attached hydrogens (tertiary/aromatic N) is 2. The van der Waals surface area contributed by atoms with Crippen molar-refractivity contribution in [1.82, 2.24) is 14.2 Å². The third-order valence-electron chi connectivity index (χ3n) is 5.47. The van der Waals surface area contributed by atoms with Crippen LogP contribution in [0.5, 0.6) is 0 Å². The smallest absolute Gasteiger partial charge is 0.251 e. The minimum atomic E-state index is -3.61. The number of aryl methyl sites for hydroxylation is 1. The van der Waals surface area contributed by atoms with E-state index in [0.29, 0.717) is 31.9 Å². The van der Waals surface area contributed by atoms with Crippen LogP contribution in [0.3, 0.4) is 0 Å². The molecule has 2 heterocycles. The van der Waals surface area contributed by atoms with E-state index < -0.39 is 16.1 Å². The lowest BCUT2D eigenvalue weighted by molar-refractivity contribution is 0.0730. The molecule has 9 heteroatoms. The number of nitrogens with one attached hydrogen (secondary N) is 1. The van der Waals surface area contributed by atoms with Crippen molar-refractivity contribution in [1.29, 1.82) is 0 Å². The lowest BCUT2D eigenvalue weighted by atomic mass is 10.1. The highest BCUT2D eigenvalue weighted by Gasteiger charge is 2.26. The van der Waals surface area contributed by atoms with Gasteiger partial charge < -0.3 is 19.7 Å². The van der Waals surface area contributed by atoms with E-state index in [1.165, 1.54) is 28.6 Å². The predicted molar refractivity (Wildman–Crippen MR) is 116 cm³/mol. The molecule has 0 spiro atoms. The van der Waals surface area contributed by atoms with Crippen LogP contribution in [0, 0.1) is 0 Å². The van der Waals surface area contributed by atoms with Crippen LogP contribution in [0.25, 0.3) is 10.9 Å². The molecule has 164 valence electrons. The van der Waals surface area contributed by atoms with E-state index in [2.05, 4.69) is 5.32 Å². The first-order valence-electron chi connectivity index (χ1n) is 10.1. The van der Waals surface area contributed by atoms with Crippen molar-refractivity contribution in [2.75, 3.05) is 32.8 Å². The molecule has 2 N–H and O–H groups in total. The number of aliphatic hydroxyl groups is 1. The number of carbonyl (C=O) groups is 1. The maximum absolute atomic E-state index is 12.7. The highest BCUT2D eigenvalue weighted by Crippen LogP contribution is 2.25. The van der Waals surface area contributed by atoms with Gasteiger partial charge in [0.25, 0.3) is 5.91 Å². The Bertz CT molecular complexity index is 1180. The first-order valence-corrected chi connectivity index (χ1v) is 11.5. The molecule has 1 unspecified atom stereocenters. The summed E-state index contributed by atoms with van der Waals surface area (Å²) in [5.41, 5.74) is 2.07. The summed E-state index contributed by atoms with van der Waals surface area (Å²) in [6.07, 6.45) is 0.989. The Balaban J connectivity index is 1.42. The Morgan fingerprint density at radius 1 is 1.13 bits per heavy atom. The molecular formula is C22H25N3O5S. The zero-order valence-electron chi connectivity index (χ0n) is 17.2. The first kappa shape index (κ1) is 21.5. The molecule has 8 nitrogen and oxygen atoms in total. The first-order chi connectivity index (χ1) is 14.9. The van der Waals surface area contributed by atoms with Gasteiger partial charge in [0.05, 0.1) is 24.2 Å². The Hall–Kier alpha value is -2.72. The van der Waals surface area contributed by atoms with E-state index in [-0.39, 0.29) is 17.3 Å². The fourth-order valence-electron chi connectivity index (χ4n) is 3.75. The molecule has 2 aromatic carbocycles. The Kier molecular flexibility index (Phi) is 6.10. The summed E-state index contributed by atoms with van der Waals surface area (Å²) in [7, 11) is -1.70. The molecule has 3 aromatic rings. The Morgan fingerprint density at radius 2 is 1.81 bits per heavy atom. The van der Waals surface area contributed by atoms with E-state index in [1.807, 2.05) is 42.1 Å². The van der Waals surface area contributed by atoms with Crippen molar-refractivity contribution in [2.24, 2.45) is 7.05 Å². The van der Waals surface area contributed by atoms with Crippen LogP contribution >= 0.6 is 0 Å². The highest BCUT2D eigenvalue weighted by atomic mass is 32.2. The molecule has 1 atom stereocenters. The fraction of sp³-hybridized carbons (Fsp3) is 0.318. The number of aromatic nitrogens is 1. The molecule has 1 saturated heterocycles. The molecule has 4 rings (SSSR count). The molecule has 0 bridgehead atoms. The Labute approximate surface area is 181 Å². The topological polar surface area (TPSA) is 101 Å². The number of para-hydroxylation sites is 1. The fourth-order valence-corrected chi connectivity index (χ4v) is 5.16. The van der Waals surface area contributed by atoms with Crippen LogP contribution in [0.1, 0.15) is 22.0 Å². The average molecular weight is 444 g/mol. The monoisotopic (exact) mass is 443 g/mol. The minimum Gasteiger partial charge on any atom is -0.386 e. The summed E-state index contributed by atoms with van der Waals surface area (Å²) >= 11 is 0. The van der Waals surface area contributed by atoms with Crippen LogP contribution in [0.2, 0.25) is 0 Å². The number of rotatable bonds is 6. The average Bonchev–Trinajstić information content (AvgIpc) is 3.15. The zero-order chi connectivity index (χ0) is 22.0. The number of ether oxygens (including phenoxy) is 1. The predicted octanol–water partition coefficient (Wildman–Crippen LogP) is 1.66. The van der Waals surface area contributed by atoms with Crippen molar-refractivity contribution in [2.45, 2.75) is 11.0 Å². The van der Waals surface area contributed by atoms with Crippen molar-refractivity contribution >= 4 is 26.8 Å². The van der Waals surface area contributed by atoms with Crippen LogP contribution in [0.15, 0.2) is 59.6 Å². The van der Waals surface area contributed by atoms with Gasteiger partial charge in [-0.2, -0.15) is 4.31 Å². The molecule has 0 radical (unpaired) electrons. The minimum absolute atomic E-state index is 0.0423. The summed E-state index contributed by atoms with van der Waals surface area (Å²) in [6, 6.07) is 13.6. The Morgan fingerprint density at radius 3 is 2.52 bits per heavy atom. The van der Waals surface area contributed by atoms with E-state index in [9.17, 15) is 18.3 Å². The number of sulfonamides is 1. The number of fused-ring (bicyclic) bond motifs is 1. The van der Waals surface area contributed by atoms with Gasteiger partial charge in [0.2, 0.25) is 10.0 Å². The number of amides is 1. The van der Waals surface area contributed by atoms with Gasteiger partial charge in [0.1, 0.15) is 0 Å². The molecule has 1 aromatic heterocycles. The SMILES string of the molecule is Cn1cc(C(O)CNC(=O)c2ccc(S(=O)(=O)N3CCOCC3)cc2)c2ccccc21. The molecule has 1 fully saturated rings. The van der Waals surface area contributed by atoms with Crippen LogP contribution < -0.4 is 5.32 Å². The quantitative estimate of drug-likeness (QED) is 0.604. The van der Waals surface area contributed by atoms with Gasteiger partial charge >= 0.3 is 0 Å². The van der Waals surface area contributed by atoms with Crippen molar-refractivity contribution in [3.63, 3.8) is 0 Å². The van der Waals surface area contributed by atoms with Gasteiger partial charge in [0, 0.05) is 54.9 Å². The standard InChI is InChI=1S/C22H25N3O5S/c1-24-15-19(18-4-2-3-5-20(18)24)21(26)14-23-22(27)16-6-8-17(9-7-16)31(28,29)25-10-12-30-13-11-25/h2-9,15,21,26H,10-14H2,1H3,(H,23,27). The van der Waals surface area contributed by atoms with Crippen molar-refractivity contribution < 1.29 is 23.1 Å². The molecule has 0 aliphatic carbocycles. The van der Waals surface area contributed by atoms with Crippen molar-refractivity contribution in [3.05, 3.63) is 65.9 Å². The number of hydrogen-bond acceptors (Lipinski definition) is 5. The van der Waals surface area contributed by atoms with Gasteiger partial charge in [-0.05, 0) is 30.3 Å². The maximum atomic E-state index is 12.7. The number of benzene rings is 2. The third-order valence-corrected chi connectivity index (χ3v) is 7.38. The second-order valence-corrected chi connectivity index (χ2v) is 9.42. The summed E-state index contributed by atoms with van der Waals surface area (Å²) in [6.45, 7) is 1.42. The van der Waals surface area contributed by atoms with Gasteiger partial charge in [-0.15, -0.1) is 0 Å². The second-order valence-electron chi connectivity index (χ2n) is 7.48. The summed E-state index contributed by atoms with van der Waals surface area (Å²) in [5.74, 6) is -0.380. The highest BCUT2D eigenvalue weighted by molar-refractivity contribution is 7.89. The number of hydrogen-bond donors (Lipinski definition) is 2. The van der Waals surface area contributed by atoms with Gasteiger partial charge in [-0.3, -0.25) is 4.79 Å². The lowest BCUT2D eigenvalue weighted by Gasteiger charge is -2.26. The van der Waals surface area contributed by atoms with E-state index in [1.54, 1.807) is 0 Å². The molecular weight excluding hydrogens is 418 g/mol. The lowest BCUT2D eigenvalue weighted by Crippen LogP contribution is -2.40. The normalized spacial score (nSPS) is 16.3. The number of aliphatic hydroxyl groups excluding tert-OH is 1. The van der Waals surface area contributed by atoms with Gasteiger partial charge in [-0.25, -0.2) is 8.42 Å². The summed E-state index contributed by atoms with van der Waals surface area (Å²) < 4.78 is 33.9. The van der Waals surface area contributed by atoms with E-state index in [0.717, 1.165) is 16.5 Å². The number of carbonyl (C=O) groups excluding carboxylic acids is 1. The molecule has 1 amide bonds. The zero-order valence-corrected chi connectivity index (χ0v) is 18.0.